The van der Waals surface area contributed by atoms with E-state index in [2.05, 4.69) is 29.2 Å². The first-order valence-electron chi connectivity index (χ1n) is 8.74. The Kier molecular flexibility index (Phi) is 2.68. The Labute approximate surface area is 135 Å². The second-order valence-electron chi connectivity index (χ2n) is 8.00. The van der Waals surface area contributed by atoms with Crippen LogP contribution in [0.3, 0.4) is 0 Å². The van der Waals surface area contributed by atoms with E-state index in [9.17, 15) is 9.90 Å². The van der Waals surface area contributed by atoms with Crippen molar-refractivity contribution in [2.75, 3.05) is 0 Å². The SMILES string of the molecule is O=C(O)C12CC3CC(CC(C3)C1c1ccc3ncccc3c1)C2. The third-order valence-electron chi connectivity index (χ3n) is 6.72. The second-order valence-corrected chi connectivity index (χ2v) is 8.00. The first-order chi connectivity index (χ1) is 11.2. The molecule has 4 saturated carbocycles. The lowest BCUT2D eigenvalue weighted by atomic mass is 9.44. The molecule has 1 heterocycles. The minimum atomic E-state index is -0.562. The molecule has 1 N–H and O–H groups in total. The van der Waals surface area contributed by atoms with E-state index < -0.39 is 11.4 Å². The maximum Gasteiger partial charge on any atom is 0.310 e. The molecule has 2 aromatic rings. The highest BCUT2D eigenvalue weighted by Crippen LogP contribution is 2.66. The Bertz CT molecular complexity index is 785. The van der Waals surface area contributed by atoms with E-state index in [1.54, 1.807) is 0 Å². The van der Waals surface area contributed by atoms with Crippen molar-refractivity contribution in [2.45, 2.75) is 38.0 Å². The van der Waals surface area contributed by atoms with Crippen LogP contribution in [0.2, 0.25) is 0 Å². The average molecular weight is 307 g/mol. The van der Waals surface area contributed by atoms with Crippen LogP contribution in [-0.4, -0.2) is 16.1 Å². The van der Waals surface area contributed by atoms with Gasteiger partial charge in [0.25, 0.3) is 0 Å². The lowest BCUT2D eigenvalue weighted by Crippen LogP contribution is -2.55. The van der Waals surface area contributed by atoms with E-state index in [4.69, 9.17) is 0 Å². The predicted molar refractivity (Wildman–Crippen MR) is 88.1 cm³/mol. The number of nitrogens with zero attached hydrogens (tertiary/aromatic N) is 1. The van der Waals surface area contributed by atoms with Gasteiger partial charge in [-0.25, -0.2) is 0 Å². The lowest BCUT2D eigenvalue weighted by molar-refractivity contribution is -0.169. The van der Waals surface area contributed by atoms with Gasteiger partial charge in [0.1, 0.15) is 0 Å². The molecule has 0 saturated heterocycles. The number of pyridine rings is 1. The van der Waals surface area contributed by atoms with Gasteiger partial charge in [-0.2, -0.15) is 0 Å². The van der Waals surface area contributed by atoms with E-state index in [0.717, 1.165) is 23.7 Å². The second kappa shape index (κ2) is 4.56. The molecule has 0 spiro atoms. The Morgan fingerprint density at radius 1 is 1.13 bits per heavy atom. The summed E-state index contributed by atoms with van der Waals surface area (Å²) < 4.78 is 0. The molecule has 0 amide bonds. The highest BCUT2D eigenvalue weighted by atomic mass is 16.4. The van der Waals surface area contributed by atoms with Gasteiger partial charge in [-0.05, 0) is 73.6 Å². The summed E-state index contributed by atoms with van der Waals surface area (Å²) in [6, 6.07) is 10.4. The maximum absolute atomic E-state index is 12.3. The van der Waals surface area contributed by atoms with Gasteiger partial charge in [-0.3, -0.25) is 9.78 Å². The van der Waals surface area contributed by atoms with Gasteiger partial charge in [0.15, 0.2) is 0 Å². The first-order valence-corrected chi connectivity index (χ1v) is 8.74. The van der Waals surface area contributed by atoms with E-state index in [1.807, 2.05) is 12.3 Å². The molecular weight excluding hydrogens is 286 g/mol. The van der Waals surface area contributed by atoms with Crippen molar-refractivity contribution in [1.29, 1.82) is 0 Å². The number of fused-ring (bicyclic) bond motifs is 1. The molecule has 3 nitrogen and oxygen atoms in total. The molecule has 4 bridgehead atoms. The number of aromatic nitrogens is 1. The van der Waals surface area contributed by atoms with Gasteiger partial charge >= 0.3 is 5.97 Å². The summed E-state index contributed by atoms with van der Waals surface area (Å²) in [5.74, 6) is 1.45. The molecule has 0 aliphatic heterocycles. The van der Waals surface area contributed by atoms with Crippen LogP contribution in [0.5, 0.6) is 0 Å². The zero-order valence-corrected chi connectivity index (χ0v) is 13.1. The summed E-state index contributed by atoms with van der Waals surface area (Å²) in [5.41, 5.74) is 1.69. The topological polar surface area (TPSA) is 50.2 Å². The quantitative estimate of drug-likeness (QED) is 0.903. The Balaban J connectivity index is 1.66. The summed E-state index contributed by atoms with van der Waals surface area (Å²) in [7, 11) is 0. The molecule has 23 heavy (non-hydrogen) atoms. The molecule has 3 unspecified atom stereocenters. The monoisotopic (exact) mass is 307 g/mol. The summed E-state index contributed by atoms with van der Waals surface area (Å²) in [5, 5.41) is 11.2. The Hall–Kier alpha value is -1.90. The molecule has 0 radical (unpaired) electrons. The number of aliphatic carboxylic acids is 1. The standard InChI is InChI=1S/C20H21NO2/c22-19(23)20-10-12-6-13(11-20)8-16(7-12)18(20)15-3-4-17-14(9-15)2-1-5-21-17/h1-5,9,12-13,16,18H,6-8,10-11H2,(H,22,23). The molecule has 3 atom stereocenters. The highest BCUT2D eigenvalue weighted by Gasteiger charge is 2.61. The lowest BCUT2D eigenvalue weighted by Gasteiger charge is -2.59. The number of benzene rings is 1. The molecule has 4 fully saturated rings. The van der Waals surface area contributed by atoms with Crippen molar-refractivity contribution in [3.63, 3.8) is 0 Å². The van der Waals surface area contributed by atoms with Crippen LogP contribution in [0, 0.1) is 23.2 Å². The van der Waals surface area contributed by atoms with E-state index in [-0.39, 0.29) is 5.92 Å². The van der Waals surface area contributed by atoms with Crippen molar-refractivity contribution in [3.05, 3.63) is 42.1 Å². The maximum atomic E-state index is 12.3. The fourth-order valence-electron chi connectivity index (χ4n) is 6.23. The number of carbonyl (C=O) groups is 1. The van der Waals surface area contributed by atoms with Crippen molar-refractivity contribution >= 4 is 16.9 Å². The van der Waals surface area contributed by atoms with Crippen LogP contribution in [0.25, 0.3) is 10.9 Å². The molecular formula is C20H21NO2. The summed E-state index contributed by atoms with van der Waals surface area (Å²) in [6.45, 7) is 0. The number of carboxylic acid groups (broad SMARTS) is 1. The van der Waals surface area contributed by atoms with Crippen LogP contribution < -0.4 is 0 Å². The van der Waals surface area contributed by atoms with Crippen LogP contribution in [0.1, 0.15) is 43.6 Å². The van der Waals surface area contributed by atoms with Crippen molar-refractivity contribution in [2.24, 2.45) is 23.2 Å². The van der Waals surface area contributed by atoms with Crippen LogP contribution in [-0.2, 0) is 4.79 Å². The fourth-order valence-corrected chi connectivity index (χ4v) is 6.23. The predicted octanol–water partition coefficient (Wildman–Crippen LogP) is 4.23. The van der Waals surface area contributed by atoms with Gasteiger partial charge in [0.2, 0.25) is 0 Å². The number of hydrogen-bond donors (Lipinski definition) is 1. The normalized spacial score (nSPS) is 38.1. The van der Waals surface area contributed by atoms with E-state index in [0.29, 0.717) is 17.8 Å². The largest absolute Gasteiger partial charge is 0.481 e. The summed E-state index contributed by atoms with van der Waals surface area (Å²) >= 11 is 0. The highest BCUT2D eigenvalue weighted by molar-refractivity contribution is 5.81. The van der Waals surface area contributed by atoms with Gasteiger partial charge in [-0.15, -0.1) is 0 Å². The van der Waals surface area contributed by atoms with E-state index >= 15 is 0 Å². The van der Waals surface area contributed by atoms with Crippen LogP contribution in [0.15, 0.2) is 36.5 Å². The van der Waals surface area contributed by atoms with Crippen molar-refractivity contribution < 1.29 is 9.90 Å². The van der Waals surface area contributed by atoms with E-state index in [1.165, 1.54) is 24.8 Å². The third-order valence-corrected chi connectivity index (χ3v) is 6.72. The van der Waals surface area contributed by atoms with Gasteiger partial charge in [0, 0.05) is 17.5 Å². The minimum absolute atomic E-state index is 0.178. The molecule has 6 rings (SSSR count). The zero-order chi connectivity index (χ0) is 15.6. The van der Waals surface area contributed by atoms with Gasteiger partial charge < -0.3 is 5.11 Å². The molecule has 1 aromatic carbocycles. The van der Waals surface area contributed by atoms with Gasteiger partial charge in [-0.1, -0.05) is 12.1 Å². The number of hydrogen-bond acceptors (Lipinski definition) is 2. The molecule has 4 aliphatic carbocycles. The average Bonchev–Trinajstić information content (AvgIpc) is 2.53. The van der Waals surface area contributed by atoms with Crippen LogP contribution >= 0.6 is 0 Å². The molecule has 4 aliphatic rings. The first kappa shape index (κ1) is 13.5. The third kappa shape index (κ3) is 1.82. The van der Waals surface area contributed by atoms with Gasteiger partial charge in [0.05, 0.1) is 10.9 Å². The van der Waals surface area contributed by atoms with Crippen LogP contribution in [0.4, 0.5) is 0 Å². The summed E-state index contributed by atoms with van der Waals surface area (Å²) in [6.07, 6.45) is 7.28. The van der Waals surface area contributed by atoms with Crippen molar-refractivity contribution in [1.82, 2.24) is 4.98 Å². The minimum Gasteiger partial charge on any atom is -0.481 e. The smallest absolute Gasteiger partial charge is 0.310 e. The summed E-state index contributed by atoms with van der Waals surface area (Å²) in [4.78, 5) is 16.7. The molecule has 1 aromatic heterocycles. The molecule has 118 valence electrons. The number of carboxylic acids is 1. The molecule has 3 heteroatoms. The Morgan fingerprint density at radius 2 is 1.91 bits per heavy atom. The zero-order valence-electron chi connectivity index (χ0n) is 13.1. The fraction of sp³-hybridized carbons (Fsp3) is 0.500. The van der Waals surface area contributed by atoms with Crippen molar-refractivity contribution in [3.8, 4) is 0 Å². The number of rotatable bonds is 2. The Morgan fingerprint density at radius 3 is 2.65 bits per heavy atom.